The van der Waals surface area contributed by atoms with Gasteiger partial charge in [0.25, 0.3) is 17.7 Å². The Hall–Kier alpha value is -3.19. The number of hydrogen-bond acceptors (Lipinski definition) is 4. The third-order valence-electron chi connectivity index (χ3n) is 5.51. The Morgan fingerprint density at radius 3 is 2.09 bits per heavy atom. The van der Waals surface area contributed by atoms with Gasteiger partial charge in [0.15, 0.2) is 0 Å². The fourth-order valence-electron chi connectivity index (χ4n) is 3.93. The van der Waals surface area contributed by atoms with Gasteiger partial charge < -0.3 is 0 Å². The molecule has 0 saturated carbocycles. The Kier molecular flexibility index (Phi) is 5.44. The molecule has 0 unspecified atom stereocenters. The number of amides is 2. The van der Waals surface area contributed by atoms with Gasteiger partial charge in [-0.25, -0.2) is 4.98 Å². The van der Waals surface area contributed by atoms with E-state index in [0.717, 1.165) is 4.90 Å². The van der Waals surface area contributed by atoms with Gasteiger partial charge in [0.2, 0.25) is 0 Å². The van der Waals surface area contributed by atoms with Crippen molar-refractivity contribution >= 4 is 63.6 Å². The molecule has 0 bridgehead atoms. The lowest BCUT2D eigenvalue weighted by Gasteiger charge is -2.14. The minimum absolute atomic E-state index is 0.0485. The van der Waals surface area contributed by atoms with Crippen LogP contribution in [-0.2, 0) is 6.42 Å². The number of aromatic nitrogens is 2. The van der Waals surface area contributed by atoms with Gasteiger partial charge in [-0.15, -0.1) is 0 Å². The van der Waals surface area contributed by atoms with Crippen molar-refractivity contribution in [3.63, 3.8) is 0 Å². The number of hydrogen-bond donors (Lipinski definition) is 0. The summed E-state index contributed by atoms with van der Waals surface area (Å²) in [5, 5.41) is 0.853. The van der Waals surface area contributed by atoms with Crippen LogP contribution in [0.5, 0.6) is 0 Å². The summed E-state index contributed by atoms with van der Waals surface area (Å²) in [6.45, 7) is 0.0485. The second kappa shape index (κ2) is 8.30. The zero-order valence-electron chi connectivity index (χ0n) is 16.9. The number of benzene rings is 3. The van der Waals surface area contributed by atoms with Gasteiger partial charge in [0.05, 0.1) is 42.8 Å². The number of halogens is 3. The van der Waals surface area contributed by atoms with E-state index >= 15 is 0 Å². The van der Waals surface area contributed by atoms with E-state index in [4.69, 9.17) is 34.8 Å². The molecule has 6 nitrogen and oxygen atoms in total. The lowest BCUT2D eigenvalue weighted by molar-refractivity contribution is 0.0655. The highest BCUT2D eigenvalue weighted by Crippen LogP contribution is 2.30. The van der Waals surface area contributed by atoms with Gasteiger partial charge >= 0.3 is 0 Å². The van der Waals surface area contributed by atoms with Crippen molar-refractivity contribution < 1.29 is 14.4 Å². The molecule has 9 heteroatoms. The first-order valence-electron chi connectivity index (χ1n) is 9.97. The average molecular weight is 499 g/mol. The van der Waals surface area contributed by atoms with Gasteiger partial charge in [0, 0.05) is 13.0 Å². The van der Waals surface area contributed by atoms with Crippen molar-refractivity contribution in [2.24, 2.45) is 0 Å². The Labute approximate surface area is 203 Å². The molecule has 4 aromatic rings. The van der Waals surface area contributed by atoms with E-state index in [-0.39, 0.29) is 40.4 Å². The molecule has 1 aromatic heterocycles. The highest BCUT2D eigenvalue weighted by molar-refractivity contribution is 6.42. The van der Waals surface area contributed by atoms with Crippen molar-refractivity contribution in [1.29, 1.82) is 0 Å². The van der Waals surface area contributed by atoms with Crippen molar-refractivity contribution in [2.45, 2.75) is 6.42 Å². The van der Waals surface area contributed by atoms with Crippen LogP contribution in [0.3, 0.4) is 0 Å². The molecule has 33 heavy (non-hydrogen) atoms. The molecule has 1 aliphatic rings. The van der Waals surface area contributed by atoms with Crippen LogP contribution in [0, 0.1) is 0 Å². The Balaban J connectivity index is 1.55. The zero-order chi connectivity index (χ0) is 23.3. The molecular weight excluding hydrogens is 485 g/mol. The van der Waals surface area contributed by atoms with Crippen LogP contribution in [0.25, 0.3) is 11.0 Å². The van der Waals surface area contributed by atoms with Gasteiger partial charge in [-0.2, -0.15) is 0 Å². The summed E-state index contributed by atoms with van der Waals surface area (Å²) in [5.74, 6) is -0.799. The van der Waals surface area contributed by atoms with E-state index in [1.54, 1.807) is 60.7 Å². The fraction of sp³-hybridized carbons (Fsp3) is 0.0833. The van der Waals surface area contributed by atoms with E-state index < -0.39 is 5.91 Å². The normalized spacial score (nSPS) is 13.1. The predicted octanol–water partition coefficient (Wildman–Crippen LogP) is 5.52. The summed E-state index contributed by atoms with van der Waals surface area (Å²) in [6, 6.07) is 16.5. The monoisotopic (exact) mass is 497 g/mol. The Morgan fingerprint density at radius 1 is 0.818 bits per heavy atom. The minimum Gasteiger partial charge on any atom is -0.274 e. The fourth-order valence-corrected chi connectivity index (χ4v) is 4.46. The van der Waals surface area contributed by atoms with Crippen LogP contribution >= 0.6 is 34.8 Å². The highest BCUT2D eigenvalue weighted by Gasteiger charge is 2.35. The number of carbonyl (C=O) groups excluding carboxylic acids is 3. The lowest BCUT2D eigenvalue weighted by Crippen LogP contribution is -2.32. The van der Waals surface area contributed by atoms with Crippen molar-refractivity contribution in [3.05, 3.63) is 98.2 Å². The number of imidazole rings is 1. The number of imide groups is 1. The number of rotatable bonds is 4. The smallest absolute Gasteiger partial charge is 0.265 e. The van der Waals surface area contributed by atoms with Crippen LogP contribution < -0.4 is 0 Å². The Bertz CT molecular complexity index is 1440. The van der Waals surface area contributed by atoms with E-state index in [1.807, 2.05) is 0 Å². The van der Waals surface area contributed by atoms with Crippen LogP contribution in [0.4, 0.5) is 0 Å². The van der Waals surface area contributed by atoms with Gasteiger partial charge in [-0.3, -0.25) is 23.9 Å². The minimum atomic E-state index is -0.404. The molecule has 0 aliphatic carbocycles. The summed E-state index contributed by atoms with van der Waals surface area (Å²) in [4.78, 5) is 44.7. The molecule has 0 atom stereocenters. The van der Waals surface area contributed by atoms with Crippen LogP contribution in [0.1, 0.15) is 36.9 Å². The summed E-state index contributed by atoms with van der Waals surface area (Å²) in [5.41, 5.74) is 1.92. The van der Waals surface area contributed by atoms with Crippen molar-refractivity contribution in [1.82, 2.24) is 14.5 Å². The second-order valence-corrected chi connectivity index (χ2v) is 8.68. The first-order chi connectivity index (χ1) is 15.9. The molecule has 0 saturated heterocycles. The molecule has 5 rings (SSSR count). The quantitative estimate of drug-likeness (QED) is 0.347. The summed E-state index contributed by atoms with van der Waals surface area (Å²) < 4.78 is 1.40. The topological polar surface area (TPSA) is 72.3 Å². The summed E-state index contributed by atoms with van der Waals surface area (Å²) in [6.07, 6.45) is 0.144. The van der Waals surface area contributed by atoms with E-state index in [1.165, 1.54) is 4.57 Å². The van der Waals surface area contributed by atoms with E-state index in [0.29, 0.717) is 33.0 Å². The SMILES string of the molecule is O=C1c2ccccc2C(=O)N1CCc1nc2cc(Cl)c(Cl)cc2n1C(=O)c1ccccc1Cl. The molecule has 2 heterocycles. The third-order valence-corrected chi connectivity index (χ3v) is 6.56. The molecule has 0 spiro atoms. The molecular formula is C24H14Cl3N3O3. The Morgan fingerprint density at radius 2 is 1.42 bits per heavy atom. The number of nitrogens with zero attached hydrogens (tertiary/aromatic N) is 3. The maximum absolute atomic E-state index is 13.5. The molecule has 0 N–H and O–H groups in total. The summed E-state index contributed by atoms with van der Waals surface area (Å²) in [7, 11) is 0. The van der Waals surface area contributed by atoms with Crippen molar-refractivity contribution in [3.8, 4) is 0 Å². The van der Waals surface area contributed by atoms with E-state index in [2.05, 4.69) is 4.98 Å². The molecule has 0 radical (unpaired) electrons. The average Bonchev–Trinajstić information content (AvgIpc) is 3.27. The highest BCUT2D eigenvalue weighted by atomic mass is 35.5. The molecule has 0 fully saturated rings. The number of carbonyl (C=O) groups is 3. The van der Waals surface area contributed by atoms with Crippen LogP contribution in [0.2, 0.25) is 15.1 Å². The standard InChI is InChI=1S/C24H14Cl3N3O3/c25-16-8-4-3-7-15(16)24(33)30-20-12-18(27)17(26)11-19(20)28-21(30)9-10-29-22(31)13-5-1-2-6-14(13)23(29)32/h1-8,11-12H,9-10H2. The third kappa shape index (κ3) is 3.60. The van der Waals surface area contributed by atoms with Gasteiger partial charge in [-0.1, -0.05) is 59.1 Å². The molecule has 3 aromatic carbocycles. The first-order valence-corrected chi connectivity index (χ1v) is 11.1. The number of fused-ring (bicyclic) bond motifs is 2. The van der Waals surface area contributed by atoms with Crippen LogP contribution in [0.15, 0.2) is 60.7 Å². The van der Waals surface area contributed by atoms with E-state index in [9.17, 15) is 14.4 Å². The van der Waals surface area contributed by atoms with Crippen molar-refractivity contribution in [2.75, 3.05) is 6.54 Å². The zero-order valence-corrected chi connectivity index (χ0v) is 19.2. The summed E-state index contributed by atoms with van der Waals surface area (Å²) >= 11 is 18.6. The maximum Gasteiger partial charge on any atom is 0.265 e. The largest absolute Gasteiger partial charge is 0.274 e. The molecule has 2 amide bonds. The second-order valence-electron chi connectivity index (χ2n) is 7.46. The van der Waals surface area contributed by atoms with Gasteiger partial charge in [-0.05, 0) is 36.4 Å². The first kappa shape index (κ1) is 21.6. The molecule has 164 valence electrons. The van der Waals surface area contributed by atoms with Crippen LogP contribution in [-0.4, -0.2) is 38.7 Å². The maximum atomic E-state index is 13.5. The lowest BCUT2D eigenvalue weighted by atomic mass is 10.1. The van der Waals surface area contributed by atoms with Gasteiger partial charge in [0.1, 0.15) is 5.82 Å². The molecule has 1 aliphatic heterocycles. The predicted molar refractivity (Wildman–Crippen MR) is 126 cm³/mol.